The van der Waals surface area contributed by atoms with Crippen molar-refractivity contribution in [1.82, 2.24) is 10.2 Å². The van der Waals surface area contributed by atoms with Crippen LogP contribution in [0.1, 0.15) is 22.9 Å². The van der Waals surface area contributed by atoms with Crippen molar-refractivity contribution in [3.8, 4) is 0 Å². The van der Waals surface area contributed by atoms with Crippen LogP contribution in [0.15, 0.2) is 41.0 Å². The van der Waals surface area contributed by atoms with E-state index in [4.69, 9.17) is 4.42 Å². The van der Waals surface area contributed by atoms with Gasteiger partial charge in [0.2, 0.25) is 0 Å². The van der Waals surface area contributed by atoms with Crippen molar-refractivity contribution in [3.63, 3.8) is 0 Å². The van der Waals surface area contributed by atoms with Gasteiger partial charge in [-0.3, -0.25) is 4.90 Å². The molecule has 1 atom stereocenters. The van der Waals surface area contributed by atoms with E-state index in [1.54, 1.807) is 12.1 Å². The molecule has 7 heteroatoms. The minimum Gasteiger partial charge on any atom is -0.467 e. The highest BCUT2D eigenvalue weighted by atomic mass is 19.4. The molecule has 1 aromatic heterocycles. The molecule has 23 heavy (non-hydrogen) atoms. The van der Waals surface area contributed by atoms with Crippen molar-refractivity contribution in [2.45, 2.75) is 12.2 Å². The Morgan fingerprint density at radius 1 is 1.13 bits per heavy atom. The topological polar surface area (TPSA) is 28.4 Å². The number of hydrogen-bond donors (Lipinski definition) is 1. The predicted octanol–water partition coefficient (Wildman–Crippen LogP) is 3.43. The van der Waals surface area contributed by atoms with Gasteiger partial charge in [-0.2, -0.15) is 13.2 Å². The largest absolute Gasteiger partial charge is 0.467 e. The van der Waals surface area contributed by atoms with Crippen LogP contribution in [0.4, 0.5) is 17.6 Å². The summed E-state index contributed by atoms with van der Waals surface area (Å²) < 4.78 is 58.9. The van der Waals surface area contributed by atoms with Crippen molar-refractivity contribution in [2.75, 3.05) is 26.2 Å². The Morgan fingerprint density at radius 3 is 2.48 bits per heavy atom. The Kier molecular flexibility index (Phi) is 4.41. The van der Waals surface area contributed by atoms with Crippen molar-refractivity contribution in [1.29, 1.82) is 0 Å². The van der Waals surface area contributed by atoms with Crippen LogP contribution in [0.5, 0.6) is 0 Å². The number of hydrogen-bond acceptors (Lipinski definition) is 3. The normalized spacial score (nSPS) is 18.1. The lowest BCUT2D eigenvalue weighted by atomic mass is 9.96. The molecule has 2 aromatic rings. The van der Waals surface area contributed by atoms with Gasteiger partial charge in [-0.25, -0.2) is 4.39 Å². The van der Waals surface area contributed by atoms with Crippen LogP contribution in [-0.2, 0) is 6.18 Å². The summed E-state index contributed by atoms with van der Waals surface area (Å²) in [5, 5.41) is 3.17. The summed E-state index contributed by atoms with van der Waals surface area (Å²) in [7, 11) is 0. The second-order valence-electron chi connectivity index (χ2n) is 5.43. The molecule has 0 aliphatic carbocycles. The third kappa shape index (κ3) is 3.40. The van der Waals surface area contributed by atoms with Gasteiger partial charge in [0, 0.05) is 26.2 Å². The standard InChI is InChI=1S/C16H16F4N2O/c17-11-3-4-12(13(10-11)16(18,19)20)15(14-2-1-9-23-14)22-7-5-21-6-8-22/h1-4,9-10,15,21H,5-8H2/t15-/m1/s1. The smallest absolute Gasteiger partial charge is 0.416 e. The van der Waals surface area contributed by atoms with E-state index in [0.29, 0.717) is 38.0 Å². The van der Waals surface area contributed by atoms with Gasteiger partial charge < -0.3 is 9.73 Å². The molecule has 3 rings (SSSR count). The lowest BCUT2D eigenvalue weighted by molar-refractivity contribution is -0.138. The molecular formula is C16H16F4N2O. The maximum absolute atomic E-state index is 13.4. The van der Waals surface area contributed by atoms with E-state index in [9.17, 15) is 17.6 Å². The number of nitrogens with zero attached hydrogens (tertiary/aromatic N) is 1. The first-order valence-electron chi connectivity index (χ1n) is 7.31. The molecule has 0 unspecified atom stereocenters. The summed E-state index contributed by atoms with van der Waals surface area (Å²) in [4.78, 5) is 1.91. The Balaban J connectivity index is 2.10. The lowest BCUT2D eigenvalue weighted by Crippen LogP contribution is -2.45. The van der Waals surface area contributed by atoms with E-state index in [2.05, 4.69) is 5.32 Å². The molecule has 1 aliphatic rings. The number of alkyl halides is 3. The molecule has 0 bridgehead atoms. The zero-order valence-corrected chi connectivity index (χ0v) is 12.2. The maximum atomic E-state index is 13.4. The molecule has 1 aliphatic heterocycles. The van der Waals surface area contributed by atoms with Gasteiger partial charge >= 0.3 is 6.18 Å². The van der Waals surface area contributed by atoms with Gasteiger partial charge in [-0.15, -0.1) is 0 Å². The third-order valence-electron chi connectivity index (χ3n) is 3.94. The fourth-order valence-corrected chi connectivity index (χ4v) is 2.93. The highest BCUT2D eigenvalue weighted by Crippen LogP contribution is 2.39. The summed E-state index contributed by atoms with van der Waals surface area (Å²) >= 11 is 0. The summed E-state index contributed by atoms with van der Waals surface area (Å²) in [5.41, 5.74) is -0.951. The van der Waals surface area contributed by atoms with E-state index < -0.39 is 23.6 Å². The zero-order chi connectivity index (χ0) is 16.4. The molecule has 1 aromatic carbocycles. The Hall–Kier alpha value is -1.86. The summed E-state index contributed by atoms with van der Waals surface area (Å²) in [6.07, 6.45) is -3.20. The van der Waals surface area contributed by atoms with Crippen LogP contribution in [-0.4, -0.2) is 31.1 Å². The lowest BCUT2D eigenvalue weighted by Gasteiger charge is -2.35. The Bertz CT molecular complexity index is 649. The molecule has 1 fully saturated rings. The highest BCUT2D eigenvalue weighted by Gasteiger charge is 2.38. The van der Waals surface area contributed by atoms with E-state index >= 15 is 0 Å². The van der Waals surface area contributed by atoms with Gasteiger partial charge in [0.1, 0.15) is 11.6 Å². The minimum atomic E-state index is -4.63. The monoisotopic (exact) mass is 328 g/mol. The first-order valence-corrected chi connectivity index (χ1v) is 7.31. The molecule has 0 amide bonds. The fraction of sp³-hybridized carbons (Fsp3) is 0.375. The summed E-state index contributed by atoms with van der Waals surface area (Å²) in [6, 6.07) is 5.41. The van der Waals surface area contributed by atoms with E-state index in [1.165, 1.54) is 12.3 Å². The first-order chi connectivity index (χ1) is 11.0. The van der Waals surface area contributed by atoms with Crippen LogP contribution < -0.4 is 5.32 Å². The van der Waals surface area contributed by atoms with E-state index in [-0.39, 0.29) is 5.56 Å². The number of piperazine rings is 1. The number of rotatable bonds is 3. The second-order valence-corrected chi connectivity index (χ2v) is 5.43. The first kappa shape index (κ1) is 16.0. The van der Waals surface area contributed by atoms with Crippen molar-refractivity contribution >= 4 is 0 Å². The fourth-order valence-electron chi connectivity index (χ4n) is 2.93. The van der Waals surface area contributed by atoms with Crippen molar-refractivity contribution in [2.24, 2.45) is 0 Å². The average molecular weight is 328 g/mol. The van der Waals surface area contributed by atoms with Gasteiger partial charge in [0.25, 0.3) is 0 Å². The highest BCUT2D eigenvalue weighted by molar-refractivity contribution is 5.37. The summed E-state index contributed by atoms with van der Waals surface area (Å²) in [5.74, 6) is -0.483. The Morgan fingerprint density at radius 2 is 1.87 bits per heavy atom. The molecule has 0 saturated carbocycles. The van der Waals surface area contributed by atoms with Gasteiger partial charge in [0.15, 0.2) is 0 Å². The predicted molar refractivity (Wildman–Crippen MR) is 76.4 cm³/mol. The quantitative estimate of drug-likeness (QED) is 0.875. The maximum Gasteiger partial charge on any atom is 0.416 e. The van der Waals surface area contributed by atoms with Crippen LogP contribution in [0.3, 0.4) is 0 Å². The number of furan rings is 1. The average Bonchev–Trinajstić information content (AvgIpc) is 3.03. The Labute approximate surface area is 130 Å². The van der Waals surface area contributed by atoms with Gasteiger partial charge in [-0.05, 0) is 29.8 Å². The molecule has 1 saturated heterocycles. The van der Waals surface area contributed by atoms with Crippen LogP contribution in [0.25, 0.3) is 0 Å². The molecule has 1 N–H and O–H groups in total. The van der Waals surface area contributed by atoms with Crippen molar-refractivity contribution < 1.29 is 22.0 Å². The molecule has 0 radical (unpaired) electrons. The number of benzene rings is 1. The van der Waals surface area contributed by atoms with Gasteiger partial charge in [0.05, 0.1) is 17.9 Å². The molecule has 0 spiro atoms. The molecule has 3 nitrogen and oxygen atoms in total. The van der Waals surface area contributed by atoms with Gasteiger partial charge in [-0.1, -0.05) is 6.07 Å². The number of halogens is 4. The SMILES string of the molecule is Fc1ccc([C@H](c2ccco2)N2CCNCC2)c(C(F)(F)F)c1. The third-order valence-corrected chi connectivity index (χ3v) is 3.94. The van der Waals surface area contributed by atoms with E-state index in [0.717, 1.165) is 6.07 Å². The molecule has 124 valence electrons. The van der Waals surface area contributed by atoms with E-state index in [1.807, 2.05) is 4.90 Å². The minimum absolute atomic E-state index is 0.00995. The molecule has 2 heterocycles. The van der Waals surface area contributed by atoms with Crippen molar-refractivity contribution in [3.05, 3.63) is 59.3 Å². The zero-order valence-electron chi connectivity index (χ0n) is 12.2. The van der Waals surface area contributed by atoms with Crippen LogP contribution in [0, 0.1) is 5.82 Å². The molecular weight excluding hydrogens is 312 g/mol. The summed E-state index contributed by atoms with van der Waals surface area (Å²) in [6.45, 7) is 2.53. The van der Waals surface area contributed by atoms with Crippen LogP contribution in [0.2, 0.25) is 0 Å². The number of nitrogens with one attached hydrogen (secondary N) is 1. The second kappa shape index (κ2) is 6.33. The van der Waals surface area contributed by atoms with Crippen LogP contribution >= 0.6 is 0 Å².